The van der Waals surface area contributed by atoms with Crippen molar-refractivity contribution in [1.29, 1.82) is 0 Å². The first-order valence-corrected chi connectivity index (χ1v) is 6.10. The van der Waals surface area contributed by atoms with Gasteiger partial charge in [0.2, 0.25) is 5.91 Å². The van der Waals surface area contributed by atoms with Crippen molar-refractivity contribution in [3.63, 3.8) is 0 Å². The molecule has 1 aromatic rings. The summed E-state index contributed by atoms with van der Waals surface area (Å²) in [5.41, 5.74) is 0. The van der Waals surface area contributed by atoms with Gasteiger partial charge >= 0.3 is 0 Å². The molecule has 90 valence electrons. The van der Waals surface area contributed by atoms with Gasteiger partial charge in [-0.15, -0.1) is 0 Å². The van der Waals surface area contributed by atoms with E-state index >= 15 is 0 Å². The Labute approximate surface area is 96.9 Å². The van der Waals surface area contributed by atoms with Crippen molar-refractivity contribution in [3.8, 4) is 0 Å². The van der Waals surface area contributed by atoms with Crippen LogP contribution in [0.3, 0.4) is 0 Å². The summed E-state index contributed by atoms with van der Waals surface area (Å²) in [5, 5.41) is 2.82. The maximum Gasteiger partial charge on any atom is 0.225 e. The van der Waals surface area contributed by atoms with Crippen LogP contribution in [0.5, 0.6) is 0 Å². The van der Waals surface area contributed by atoms with E-state index in [0.29, 0.717) is 12.2 Å². The van der Waals surface area contributed by atoms with Crippen LogP contribution < -0.4 is 5.32 Å². The summed E-state index contributed by atoms with van der Waals surface area (Å²) >= 11 is 0. The summed E-state index contributed by atoms with van der Waals surface area (Å²) in [6.45, 7) is 4.22. The van der Waals surface area contributed by atoms with Crippen molar-refractivity contribution in [2.24, 2.45) is 0 Å². The highest BCUT2D eigenvalue weighted by atomic mass is 16.1. The van der Waals surface area contributed by atoms with Crippen LogP contribution in [0.25, 0.3) is 0 Å². The number of imidazole rings is 1. The zero-order chi connectivity index (χ0) is 11.8. The number of aryl methyl sites for hydroxylation is 1. The van der Waals surface area contributed by atoms with Crippen LogP contribution in [0, 0.1) is 0 Å². The molecular formula is C12H21N3O. The molecule has 0 radical (unpaired) electrons. The van der Waals surface area contributed by atoms with E-state index in [1.54, 1.807) is 6.20 Å². The molecule has 16 heavy (non-hydrogen) atoms. The standard InChI is InChI=1S/C12H21N3O/c1-3-5-7-10-13-9-11(14-10)15-12(16)8-6-4-2/h9H,3-8H2,1-2H3,(H,13,14)(H,15,16). The van der Waals surface area contributed by atoms with Crippen LogP contribution >= 0.6 is 0 Å². The summed E-state index contributed by atoms with van der Waals surface area (Å²) in [7, 11) is 0. The summed E-state index contributed by atoms with van der Waals surface area (Å²) < 4.78 is 0. The number of rotatable bonds is 7. The quantitative estimate of drug-likeness (QED) is 0.746. The molecule has 0 fully saturated rings. The molecule has 1 aromatic heterocycles. The van der Waals surface area contributed by atoms with E-state index in [4.69, 9.17) is 0 Å². The molecule has 0 atom stereocenters. The molecule has 1 amide bonds. The van der Waals surface area contributed by atoms with E-state index in [2.05, 4.69) is 29.1 Å². The number of carbonyl (C=O) groups is 1. The second-order valence-electron chi connectivity index (χ2n) is 4.00. The van der Waals surface area contributed by atoms with Gasteiger partial charge < -0.3 is 10.3 Å². The Morgan fingerprint density at radius 1 is 1.38 bits per heavy atom. The number of nitrogens with zero attached hydrogens (tertiary/aromatic N) is 1. The molecular weight excluding hydrogens is 202 g/mol. The number of aromatic nitrogens is 2. The van der Waals surface area contributed by atoms with Gasteiger partial charge in [0.05, 0.1) is 6.20 Å². The van der Waals surface area contributed by atoms with Gasteiger partial charge in [-0.25, -0.2) is 4.98 Å². The lowest BCUT2D eigenvalue weighted by molar-refractivity contribution is -0.116. The van der Waals surface area contributed by atoms with Crippen LogP contribution in [0.2, 0.25) is 0 Å². The summed E-state index contributed by atoms with van der Waals surface area (Å²) in [4.78, 5) is 18.8. The fourth-order valence-corrected chi connectivity index (χ4v) is 1.45. The summed E-state index contributed by atoms with van der Waals surface area (Å²) in [6.07, 6.45) is 7.46. The van der Waals surface area contributed by atoms with Crippen LogP contribution in [0.1, 0.15) is 51.8 Å². The van der Waals surface area contributed by atoms with Crippen molar-refractivity contribution in [2.45, 2.75) is 52.4 Å². The van der Waals surface area contributed by atoms with Crippen LogP contribution in [0.15, 0.2) is 6.20 Å². The number of hydrogen-bond acceptors (Lipinski definition) is 2. The van der Waals surface area contributed by atoms with Crippen LogP contribution in [-0.2, 0) is 11.2 Å². The topological polar surface area (TPSA) is 57.8 Å². The third kappa shape index (κ3) is 4.47. The number of nitrogens with one attached hydrogen (secondary N) is 2. The summed E-state index contributed by atoms with van der Waals surface area (Å²) in [6, 6.07) is 0. The maximum atomic E-state index is 11.4. The molecule has 0 unspecified atom stereocenters. The highest BCUT2D eigenvalue weighted by molar-refractivity contribution is 5.89. The van der Waals surface area contributed by atoms with E-state index in [1.165, 1.54) is 0 Å². The zero-order valence-corrected chi connectivity index (χ0v) is 10.2. The molecule has 0 aliphatic rings. The lowest BCUT2D eigenvalue weighted by Crippen LogP contribution is -2.11. The molecule has 1 heterocycles. The van der Waals surface area contributed by atoms with Crippen molar-refractivity contribution >= 4 is 11.7 Å². The Morgan fingerprint density at radius 3 is 2.81 bits per heavy atom. The Balaban J connectivity index is 2.36. The van der Waals surface area contributed by atoms with E-state index in [1.807, 2.05) is 0 Å². The smallest absolute Gasteiger partial charge is 0.225 e. The lowest BCUT2D eigenvalue weighted by Gasteiger charge is -2.00. The third-order valence-electron chi connectivity index (χ3n) is 2.43. The van der Waals surface area contributed by atoms with Gasteiger partial charge in [0.1, 0.15) is 11.6 Å². The average molecular weight is 223 g/mol. The Hall–Kier alpha value is -1.32. The molecule has 2 N–H and O–H groups in total. The first kappa shape index (κ1) is 12.7. The van der Waals surface area contributed by atoms with Crippen molar-refractivity contribution in [2.75, 3.05) is 5.32 Å². The number of amides is 1. The number of unbranched alkanes of at least 4 members (excludes halogenated alkanes) is 2. The minimum Gasteiger partial charge on any atom is -0.329 e. The van der Waals surface area contributed by atoms with E-state index in [9.17, 15) is 4.79 Å². The molecule has 4 nitrogen and oxygen atoms in total. The van der Waals surface area contributed by atoms with Gasteiger partial charge in [-0.05, 0) is 12.8 Å². The highest BCUT2D eigenvalue weighted by Gasteiger charge is 2.04. The Kier molecular flexibility index (Phi) is 5.61. The van der Waals surface area contributed by atoms with Crippen LogP contribution in [0.4, 0.5) is 5.82 Å². The van der Waals surface area contributed by atoms with Gasteiger partial charge in [-0.1, -0.05) is 26.7 Å². The number of anilines is 1. The Bertz CT molecular complexity index is 320. The molecule has 1 rings (SSSR count). The first-order chi connectivity index (χ1) is 7.76. The fraction of sp³-hybridized carbons (Fsp3) is 0.667. The molecule has 0 bridgehead atoms. The van der Waals surface area contributed by atoms with E-state index in [-0.39, 0.29) is 5.91 Å². The van der Waals surface area contributed by atoms with Crippen molar-refractivity contribution in [3.05, 3.63) is 12.0 Å². The molecule has 0 aromatic carbocycles. The predicted octanol–water partition coefficient (Wildman–Crippen LogP) is 2.88. The lowest BCUT2D eigenvalue weighted by atomic mass is 10.2. The van der Waals surface area contributed by atoms with Crippen molar-refractivity contribution in [1.82, 2.24) is 9.97 Å². The maximum absolute atomic E-state index is 11.4. The number of H-pyrrole nitrogens is 1. The molecule has 0 aliphatic heterocycles. The molecule has 0 aliphatic carbocycles. The van der Waals surface area contributed by atoms with E-state index < -0.39 is 0 Å². The third-order valence-corrected chi connectivity index (χ3v) is 2.43. The second-order valence-corrected chi connectivity index (χ2v) is 4.00. The molecule has 0 saturated heterocycles. The van der Waals surface area contributed by atoms with Gasteiger partial charge in [0.15, 0.2) is 0 Å². The fourth-order valence-electron chi connectivity index (χ4n) is 1.45. The molecule has 4 heteroatoms. The van der Waals surface area contributed by atoms with E-state index in [0.717, 1.165) is 37.9 Å². The SMILES string of the molecule is CCCCC(=O)Nc1cnc(CCCC)[nH]1. The van der Waals surface area contributed by atoms with Gasteiger partial charge in [0, 0.05) is 12.8 Å². The largest absolute Gasteiger partial charge is 0.329 e. The molecule has 0 saturated carbocycles. The monoisotopic (exact) mass is 223 g/mol. The zero-order valence-electron chi connectivity index (χ0n) is 10.2. The second kappa shape index (κ2) is 7.04. The summed E-state index contributed by atoms with van der Waals surface area (Å²) in [5.74, 6) is 1.73. The normalized spacial score (nSPS) is 10.4. The first-order valence-electron chi connectivity index (χ1n) is 6.10. The molecule has 0 spiro atoms. The number of hydrogen-bond donors (Lipinski definition) is 2. The highest BCUT2D eigenvalue weighted by Crippen LogP contribution is 2.07. The van der Waals surface area contributed by atoms with Gasteiger partial charge in [-0.3, -0.25) is 4.79 Å². The van der Waals surface area contributed by atoms with Gasteiger partial charge in [0.25, 0.3) is 0 Å². The number of aromatic amines is 1. The Morgan fingerprint density at radius 2 is 2.12 bits per heavy atom. The predicted molar refractivity (Wildman–Crippen MR) is 65.4 cm³/mol. The average Bonchev–Trinajstić information content (AvgIpc) is 2.71. The van der Waals surface area contributed by atoms with Gasteiger partial charge in [-0.2, -0.15) is 0 Å². The van der Waals surface area contributed by atoms with Crippen LogP contribution in [-0.4, -0.2) is 15.9 Å². The van der Waals surface area contributed by atoms with Crippen molar-refractivity contribution < 1.29 is 4.79 Å². The minimum absolute atomic E-state index is 0.0625. The minimum atomic E-state index is 0.0625. The number of carbonyl (C=O) groups excluding carboxylic acids is 1.